The molecule has 4 rings (SSSR count). The third-order valence-corrected chi connectivity index (χ3v) is 4.55. The standard InChI is InChI=1S/C13H17N5O4/c1-3-13-4-21-7(8(13)20-2)11(22-13)18-5-15-6-9(18)16-12(14)17-10(6)19/h5,7-8,11H,3-4H2,1-2H3,(H3,14,16,17,19)/t7-,8?,11+,13+/m0/s1. The van der Waals surface area contributed by atoms with Crippen LogP contribution in [0.25, 0.3) is 11.2 Å². The Bertz CT molecular complexity index is 786. The van der Waals surface area contributed by atoms with E-state index >= 15 is 0 Å². The van der Waals surface area contributed by atoms with Crippen molar-refractivity contribution < 1.29 is 14.2 Å². The summed E-state index contributed by atoms with van der Waals surface area (Å²) in [7, 11) is 1.65. The molecule has 2 aliphatic rings. The lowest BCUT2D eigenvalue weighted by Crippen LogP contribution is -2.40. The Hall–Kier alpha value is -1.97. The molecule has 9 heteroatoms. The Morgan fingerprint density at radius 1 is 1.64 bits per heavy atom. The van der Waals surface area contributed by atoms with E-state index in [0.717, 1.165) is 6.42 Å². The molecule has 9 nitrogen and oxygen atoms in total. The maximum Gasteiger partial charge on any atom is 0.280 e. The molecule has 4 atom stereocenters. The number of fused-ring (bicyclic) bond motifs is 3. The van der Waals surface area contributed by atoms with Crippen LogP contribution in [-0.4, -0.2) is 51.0 Å². The van der Waals surface area contributed by atoms with Crippen LogP contribution < -0.4 is 11.3 Å². The molecule has 0 aromatic carbocycles. The molecule has 118 valence electrons. The maximum atomic E-state index is 11.9. The molecular weight excluding hydrogens is 290 g/mol. The average Bonchev–Trinajstić information content (AvgIpc) is 3.15. The van der Waals surface area contributed by atoms with Gasteiger partial charge in [0, 0.05) is 7.11 Å². The van der Waals surface area contributed by atoms with Crippen LogP contribution in [0.1, 0.15) is 19.6 Å². The third-order valence-electron chi connectivity index (χ3n) is 4.55. The van der Waals surface area contributed by atoms with Gasteiger partial charge >= 0.3 is 0 Å². The molecule has 2 aromatic heterocycles. The topological polar surface area (TPSA) is 117 Å². The van der Waals surface area contributed by atoms with E-state index in [1.807, 2.05) is 6.92 Å². The van der Waals surface area contributed by atoms with Gasteiger partial charge in [0.05, 0.1) is 12.9 Å². The number of hydrogen-bond donors (Lipinski definition) is 2. The lowest BCUT2D eigenvalue weighted by atomic mass is 9.96. The summed E-state index contributed by atoms with van der Waals surface area (Å²) in [6.45, 7) is 2.53. The number of methoxy groups -OCH3 is 1. The Kier molecular flexibility index (Phi) is 2.80. The summed E-state index contributed by atoms with van der Waals surface area (Å²) in [6, 6.07) is 0. The highest BCUT2D eigenvalue weighted by molar-refractivity contribution is 5.70. The quantitative estimate of drug-likeness (QED) is 0.805. The molecule has 0 radical (unpaired) electrons. The molecule has 2 bridgehead atoms. The summed E-state index contributed by atoms with van der Waals surface area (Å²) in [5.74, 6) is 0.0387. The Morgan fingerprint density at radius 3 is 3.14 bits per heavy atom. The highest BCUT2D eigenvalue weighted by atomic mass is 16.7. The average molecular weight is 307 g/mol. The first-order chi connectivity index (χ1) is 10.6. The van der Waals surface area contributed by atoms with E-state index in [4.69, 9.17) is 19.9 Å². The van der Waals surface area contributed by atoms with Crippen molar-refractivity contribution in [2.45, 2.75) is 37.4 Å². The van der Waals surface area contributed by atoms with E-state index in [0.29, 0.717) is 12.3 Å². The minimum absolute atomic E-state index is 0.0387. The molecule has 0 aliphatic carbocycles. The Balaban J connectivity index is 1.83. The van der Waals surface area contributed by atoms with Crippen LogP contribution in [0.4, 0.5) is 5.95 Å². The van der Waals surface area contributed by atoms with Crippen LogP contribution in [0.5, 0.6) is 0 Å². The Morgan fingerprint density at radius 2 is 2.45 bits per heavy atom. The van der Waals surface area contributed by atoms with Gasteiger partial charge in [0.2, 0.25) is 5.95 Å². The summed E-state index contributed by atoms with van der Waals surface area (Å²) in [6.07, 6.45) is 1.40. The van der Waals surface area contributed by atoms with E-state index in [1.165, 1.54) is 6.33 Å². The van der Waals surface area contributed by atoms with E-state index in [2.05, 4.69) is 15.0 Å². The number of aromatic amines is 1. The molecule has 0 amide bonds. The van der Waals surface area contributed by atoms with Crippen LogP contribution >= 0.6 is 0 Å². The fourth-order valence-electron chi connectivity index (χ4n) is 3.43. The highest BCUT2D eigenvalue weighted by Gasteiger charge is 2.61. The first kappa shape index (κ1) is 13.7. The second-order valence-electron chi connectivity index (χ2n) is 5.63. The SMILES string of the molecule is CC[C@@]12CO[C@@H](C1OC)[C@H](n1cnc3c(=O)[nH]c(N)nc31)O2. The van der Waals surface area contributed by atoms with Gasteiger partial charge in [0.15, 0.2) is 17.4 Å². The third kappa shape index (κ3) is 1.61. The van der Waals surface area contributed by atoms with Crippen molar-refractivity contribution in [3.63, 3.8) is 0 Å². The van der Waals surface area contributed by atoms with E-state index in [1.54, 1.807) is 11.7 Å². The van der Waals surface area contributed by atoms with Crippen LogP contribution in [0.2, 0.25) is 0 Å². The molecule has 2 fully saturated rings. The first-order valence-electron chi connectivity index (χ1n) is 7.14. The summed E-state index contributed by atoms with van der Waals surface area (Å²) >= 11 is 0. The zero-order valence-corrected chi connectivity index (χ0v) is 12.3. The number of nitrogen functional groups attached to an aromatic ring is 1. The summed E-state index contributed by atoms with van der Waals surface area (Å²) in [4.78, 5) is 22.6. The molecule has 0 saturated carbocycles. The molecule has 2 aliphatic heterocycles. The second kappa shape index (κ2) is 4.51. The summed E-state index contributed by atoms with van der Waals surface area (Å²) < 4.78 is 19.3. The summed E-state index contributed by atoms with van der Waals surface area (Å²) in [5.41, 5.74) is 5.37. The monoisotopic (exact) mass is 307 g/mol. The van der Waals surface area contributed by atoms with Gasteiger partial charge < -0.3 is 19.9 Å². The molecular formula is C13H17N5O4. The van der Waals surface area contributed by atoms with Crippen molar-refractivity contribution in [3.05, 3.63) is 16.7 Å². The van der Waals surface area contributed by atoms with Crippen LogP contribution in [0, 0.1) is 0 Å². The number of nitrogens with two attached hydrogens (primary N) is 1. The number of rotatable bonds is 3. The van der Waals surface area contributed by atoms with Crippen LogP contribution in [0.3, 0.4) is 0 Å². The van der Waals surface area contributed by atoms with Gasteiger partial charge in [0.25, 0.3) is 5.56 Å². The number of aromatic nitrogens is 4. The maximum absolute atomic E-state index is 11.9. The van der Waals surface area contributed by atoms with Gasteiger partial charge in [-0.3, -0.25) is 14.3 Å². The largest absolute Gasteiger partial charge is 0.375 e. The first-order valence-corrected chi connectivity index (χ1v) is 7.14. The number of ether oxygens (including phenoxy) is 3. The minimum Gasteiger partial charge on any atom is -0.375 e. The van der Waals surface area contributed by atoms with Gasteiger partial charge in [-0.25, -0.2) is 4.98 Å². The lowest BCUT2D eigenvalue weighted by Gasteiger charge is -2.30. The molecule has 4 heterocycles. The number of nitrogens with zero attached hydrogens (tertiary/aromatic N) is 3. The Labute approximate surface area is 125 Å². The predicted molar refractivity (Wildman–Crippen MR) is 76.2 cm³/mol. The van der Waals surface area contributed by atoms with Crippen LogP contribution in [0.15, 0.2) is 11.1 Å². The number of anilines is 1. The number of nitrogens with one attached hydrogen (secondary N) is 1. The highest BCUT2D eigenvalue weighted by Crippen LogP contribution is 2.48. The molecule has 2 saturated heterocycles. The molecule has 22 heavy (non-hydrogen) atoms. The lowest BCUT2D eigenvalue weighted by molar-refractivity contribution is -0.173. The van der Waals surface area contributed by atoms with Crippen molar-refractivity contribution >= 4 is 17.1 Å². The molecule has 0 spiro atoms. The van der Waals surface area contributed by atoms with Crippen molar-refractivity contribution in [1.29, 1.82) is 0 Å². The van der Waals surface area contributed by atoms with E-state index in [9.17, 15) is 4.79 Å². The van der Waals surface area contributed by atoms with Crippen molar-refractivity contribution in [2.24, 2.45) is 0 Å². The summed E-state index contributed by atoms with van der Waals surface area (Å²) in [5, 5.41) is 0. The zero-order valence-electron chi connectivity index (χ0n) is 12.3. The molecule has 2 aromatic rings. The number of hydrogen-bond acceptors (Lipinski definition) is 7. The fourth-order valence-corrected chi connectivity index (χ4v) is 3.43. The normalized spacial score (nSPS) is 33.8. The van der Waals surface area contributed by atoms with Gasteiger partial charge in [-0.05, 0) is 6.42 Å². The molecule has 3 N–H and O–H groups in total. The van der Waals surface area contributed by atoms with Gasteiger partial charge in [-0.1, -0.05) is 6.92 Å². The van der Waals surface area contributed by atoms with Crippen molar-refractivity contribution in [1.82, 2.24) is 19.5 Å². The van der Waals surface area contributed by atoms with Crippen LogP contribution in [-0.2, 0) is 14.2 Å². The van der Waals surface area contributed by atoms with Gasteiger partial charge in [-0.15, -0.1) is 0 Å². The number of imidazole rings is 1. The zero-order chi connectivity index (χ0) is 15.5. The minimum atomic E-state index is -0.479. The van der Waals surface area contributed by atoms with Gasteiger partial charge in [-0.2, -0.15) is 4.98 Å². The van der Waals surface area contributed by atoms with E-state index in [-0.39, 0.29) is 29.2 Å². The fraction of sp³-hybridized carbons (Fsp3) is 0.615. The predicted octanol–water partition coefficient (Wildman–Crippen LogP) is -0.207. The number of H-pyrrole nitrogens is 1. The van der Waals surface area contributed by atoms with Crippen molar-refractivity contribution in [3.8, 4) is 0 Å². The second-order valence-corrected chi connectivity index (χ2v) is 5.63. The molecule has 1 unspecified atom stereocenters. The smallest absolute Gasteiger partial charge is 0.280 e. The van der Waals surface area contributed by atoms with Crippen molar-refractivity contribution in [2.75, 3.05) is 19.5 Å². The van der Waals surface area contributed by atoms with E-state index < -0.39 is 11.8 Å². The van der Waals surface area contributed by atoms with Gasteiger partial charge in [0.1, 0.15) is 17.8 Å².